The average Bonchev–Trinajstić information content (AvgIpc) is 3.19. The van der Waals surface area contributed by atoms with Gasteiger partial charge in [-0.3, -0.25) is 9.59 Å². The minimum Gasteiger partial charge on any atom is -0.461 e. The maximum atomic E-state index is 13.1. The Morgan fingerprint density at radius 3 is 1.55 bits per heavy atom. The third kappa shape index (κ3) is 38.4. The van der Waals surface area contributed by atoms with Crippen molar-refractivity contribution in [2.75, 3.05) is 6.61 Å². The monoisotopic (exact) mass is 784 g/mol. The zero-order valence-electron chi connectivity index (χ0n) is 36.8. The van der Waals surface area contributed by atoms with E-state index in [-0.39, 0.29) is 24.9 Å². The molecular formula is C50H89NO5. The molecule has 0 aromatic carbocycles. The van der Waals surface area contributed by atoms with Gasteiger partial charge in [-0.15, -0.1) is 0 Å². The van der Waals surface area contributed by atoms with Gasteiger partial charge in [0.2, 0.25) is 5.91 Å². The van der Waals surface area contributed by atoms with Gasteiger partial charge >= 0.3 is 5.97 Å². The molecule has 0 aromatic rings. The molecule has 0 radical (unpaired) electrons. The third-order valence-corrected chi connectivity index (χ3v) is 10.3. The Hall–Kier alpha value is -2.44. The number of hydrogen-bond acceptors (Lipinski definition) is 5. The van der Waals surface area contributed by atoms with Crippen molar-refractivity contribution in [3.05, 3.63) is 60.8 Å². The predicted octanol–water partition coefficient (Wildman–Crippen LogP) is 13.7. The van der Waals surface area contributed by atoms with Crippen LogP contribution in [0, 0.1) is 0 Å². The molecule has 1 amide bonds. The van der Waals surface area contributed by atoms with Crippen molar-refractivity contribution < 1.29 is 24.5 Å². The highest BCUT2D eigenvalue weighted by atomic mass is 16.5. The number of carbonyl (C=O) groups excluding carboxylic acids is 2. The number of amides is 1. The summed E-state index contributed by atoms with van der Waals surface area (Å²) in [4.78, 5) is 25.9. The number of aliphatic hydroxyl groups is 2. The van der Waals surface area contributed by atoms with Gasteiger partial charge < -0.3 is 20.3 Å². The molecule has 3 N–H and O–H groups in total. The largest absolute Gasteiger partial charge is 0.461 e. The fraction of sp³-hybridized carbons (Fsp3) is 0.760. The number of esters is 1. The van der Waals surface area contributed by atoms with Gasteiger partial charge in [0, 0.05) is 12.8 Å². The van der Waals surface area contributed by atoms with Crippen molar-refractivity contribution in [2.45, 2.75) is 238 Å². The van der Waals surface area contributed by atoms with Gasteiger partial charge in [0.1, 0.15) is 6.10 Å². The summed E-state index contributed by atoms with van der Waals surface area (Å²) in [6.45, 7) is 6.35. The summed E-state index contributed by atoms with van der Waals surface area (Å²) in [6, 6.07) is -0.731. The van der Waals surface area contributed by atoms with E-state index in [1.54, 1.807) is 0 Å². The van der Waals surface area contributed by atoms with E-state index in [4.69, 9.17) is 4.74 Å². The quantitative estimate of drug-likeness (QED) is 0.0326. The summed E-state index contributed by atoms with van der Waals surface area (Å²) in [5, 5.41) is 23.6. The van der Waals surface area contributed by atoms with E-state index in [9.17, 15) is 19.8 Å². The molecule has 6 nitrogen and oxygen atoms in total. The number of hydrogen-bond donors (Lipinski definition) is 3. The molecular weight excluding hydrogens is 695 g/mol. The highest BCUT2D eigenvalue weighted by molar-refractivity contribution is 5.77. The Bertz CT molecular complexity index is 1010. The van der Waals surface area contributed by atoms with Gasteiger partial charge in [0.15, 0.2) is 0 Å². The number of allylic oxidation sites excluding steroid dienone is 9. The molecule has 0 rings (SSSR count). The van der Waals surface area contributed by atoms with Gasteiger partial charge in [-0.2, -0.15) is 0 Å². The molecule has 0 saturated heterocycles. The van der Waals surface area contributed by atoms with E-state index in [0.29, 0.717) is 19.3 Å². The number of unbranched alkanes of at least 4 members (excludes halogenated alkanes) is 20. The Kier molecular flexibility index (Phi) is 41.8. The molecule has 0 spiro atoms. The van der Waals surface area contributed by atoms with Crippen molar-refractivity contribution in [3.8, 4) is 0 Å². The van der Waals surface area contributed by atoms with E-state index in [1.165, 1.54) is 96.3 Å². The van der Waals surface area contributed by atoms with E-state index < -0.39 is 18.2 Å². The second-order valence-corrected chi connectivity index (χ2v) is 15.8. The number of aliphatic hydroxyl groups excluding tert-OH is 2. The first-order chi connectivity index (χ1) is 27.5. The fourth-order valence-electron chi connectivity index (χ4n) is 6.70. The SMILES string of the molecule is CCC/C=C\CCCCCCCC(=O)OC(C/C=C\C/C=C\C/C=C\C/C=C\CCCCC)CC(=O)NC(CO)C(O)CCCCCCCCCCCCCC. The molecule has 0 aliphatic carbocycles. The second-order valence-electron chi connectivity index (χ2n) is 15.8. The standard InChI is InChI=1S/C50H89NO5/c1-4-7-10-13-16-19-22-24-25-26-27-29-32-35-38-41-46(56-50(55)43-40-37-34-31-21-18-15-12-9-6-3)44-49(54)51-47(45-52)48(53)42-39-36-33-30-28-23-20-17-14-11-8-5-2/h12,15-16,19,24-25,27,29,35,38,46-48,52-53H,4-11,13-14,17-18,20-23,26,28,30-34,36-37,39-45H2,1-3H3,(H,51,54)/b15-12-,19-16-,25-24-,29-27-,38-35-. The van der Waals surface area contributed by atoms with E-state index in [2.05, 4.69) is 74.7 Å². The molecule has 3 atom stereocenters. The number of ether oxygens (including phenoxy) is 1. The molecule has 0 aromatic heterocycles. The van der Waals surface area contributed by atoms with Crippen LogP contribution in [-0.2, 0) is 14.3 Å². The van der Waals surface area contributed by atoms with Crippen LogP contribution >= 0.6 is 0 Å². The Morgan fingerprint density at radius 2 is 0.982 bits per heavy atom. The van der Waals surface area contributed by atoms with Gasteiger partial charge in [-0.25, -0.2) is 0 Å². The number of nitrogens with one attached hydrogen (secondary N) is 1. The molecule has 3 unspecified atom stereocenters. The summed E-state index contributed by atoms with van der Waals surface area (Å²) in [7, 11) is 0. The lowest BCUT2D eigenvalue weighted by Gasteiger charge is -2.24. The maximum Gasteiger partial charge on any atom is 0.306 e. The number of carbonyl (C=O) groups is 2. The summed E-state index contributed by atoms with van der Waals surface area (Å²) in [6.07, 6.45) is 52.9. The average molecular weight is 784 g/mol. The minimum absolute atomic E-state index is 0.00284. The summed E-state index contributed by atoms with van der Waals surface area (Å²) in [5.74, 6) is -0.591. The number of rotatable bonds is 41. The first kappa shape index (κ1) is 53.6. The van der Waals surface area contributed by atoms with E-state index >= 15 is 0 Å². The van der Waals surface area contributed by atoms with Crippen molar-refractivity contribution in [1.29, 1.82) is 0 Å². The summed E-state index contributed by atoms with van der Waals surface area (Å²) >= 11 is 0. The zero-order valence-corrected chi connectivity index (χ0v) is 36.8. The van der Waals surface area contributed by atoms with Crippen LogP contribution in [0.15, 0.2) is 60.8 Å². The van der Waals surface area contributed by atoms with Crippen LogP contribution in [0.1, 0.15) is 220 Å². The van der Waals surface area contributed by atoms with Gasteiger partial charge in [-0.1, -0.05) is 197 Å². The Morgan fingerprint density at radius 1 is 0.536 bits per heavy atom. The molecule has 324 valence electrons. The molecule has 0 aliphatic heterocycles. The van der Waals surface area contributed by atoms with Crippen LogP contribution in [0.25, 0.3) is 0 Å². The summed E-state index contributed by atoms with van der Waals surface area (Å²) in [5.41, 5.74) is 0. The van der Waals surface area contributed by atoms with Crippen LogP contribution in [0.2, 0.25) is 0 Å². The topological polar surface area (TPSA) is 95.9 Å². The van der Waals surface area contributed by atoms with Crippen LogP contribution in [0.4, 0.5) is 0 Å². The molecule has 0 aliphatic rings. The van der Waals surface area contributed by atoms with Crippen LogP contribution in [0.5, 0.6) is 0 Å². The second kappa shape index (κ2) is 43.7. The Balaban J connectivity index is 4.75. The zero-order chi connectivity index (χ0) is 41.0. The van der Waals surface area contributed by atoms with Gasteiger partial charge in [0.05, 0.1) is 25.2 Å². The molecule has 0 saturated carbocycles. The third-order valence-electron chi connectivity index (χ3n) is 10.3. The fourth-order valence-corrected chi connectivity index (χ4v) is 6.70. The van der Waals surface area contributed by atoms with E-state index in [0.717, 1.165) is 77.0 Å². The van der Waals surface area contributed by atoms with Crippen LogP contribution in [-0.4, -0.2) is 46.9 Å². The molecule has 6 heteroatoms. The molecule has 56 heavy (non-hydrogen) atoms. The van der Waals surface area contributed by atoms with Gasteiger partial charge in [-0.05, 0) is 64.2 Å². The lowest BCUT2D eigenvalue weighted by Crippen LogP contribution is -2.46. The highest BCUT2D eigenvalue weighted by Gasteiger charge is 2.23. The molecule has 0 heterocycles. The molecule has 0 fully saturated rings. The molecule has 0 bridgehead atoms. The van der Waals surface area contributed by atoms with Crippen molar-refractivity contribution >= 4 is 11.9 Å². The van der Waals surface area contributed by atoms with Crippen molar-refractivity contribution in [1.82, 2.24) is 5.32 Å². The first-order valence-corrected chi connectivity index (χ1v) is 23.5. The highest BCUT2D eigenvalue weighted by Crippen LogP contribution is 2.16. The maximum absolute atomic E-state index is 13.1. The lowest BCUT2D eigenvalue weighted by atomic mass is 10.0. The van der Waals surface area contributed by atoms with Crippen LogP contribution < -0.4 is 5.32 Å². The lowest BCUT2D eigenvalue weighted by molar-refractivity contribution is -0.150. The predicted molar refractivity (Wildman–Crippen MR) is 241 cm³/mol. The smallest absolute Gasteiger partial charge is 0.306 e. The Labute approximate surface area is 346 Å². The van der Waals surface area contributed by atoms with Crippen molar-refractivity contribution in [2.24, 2.45) is 0 Å². The van der Waals surface area contributed by atoms with Crippen molar-refractivity contribution in [3.63, 3.8) is 0 Å². The van der Waals surface area contributed by atoms with Crippen LogP contribution in [0.3, 0.4) is 0 Å². The van der Waals surface area contributed by atoms with E-state index in [1.807, 2.05) is 12.2 Å². The minimum atomic E-state index is -0.811. The first-order valence-electron chi connectivity index (χ1n) is 23.5. The normalized spacial score (nSPS) is 13.9. The summed E-state index contributed by atoms with van der Waals surface area (Å²) < 4.78 is 5.83. The van der Waals surface area contributed by atoms with Gasteiger partial charge in [0.25, 0.3) is 0 Å².